The Kier molecular flexibility index (Phi) is 8.45. The highest BCUT2D eigenvalue weighted by Crippen LogP contribution is 2.40. The van der Waals surface area contributed by atoms with E-state index >= 15 is 0 Å². The predicted molar refractivity (Wildman–Crippen MR) is 145 cm³/mol. The molecule has 5 nitrogen and oxygen atoms in total. The Hall–Kier alpha value is -2.92. The number of hydrogen-bond donors (Lipinski definition) is 2. The van der Waals surface area contributed by atoms with Crippen molar-refractivity contribution < 1.29 is 19.8 Å². The van der Waals surface area contributed by atoms with Crippen molar-refractivity contribution in [3.8, 4) is 0 Å². The number of aryl methyl sites for hydroxylation is 2. The zero-order valence-corrected chi connectivity index (χ0v) is 22.6. The lowest BCUT2D eigenvalue weighted by molar-refractivity contribution is -0.141. The molecule has 1 fully saturated rings. The van der Waals surface area contributed by atoms with Gasteiger partial charge in [0, 0.05) is 18.0 Å². The number of likely N-dealkylation sites (N-methyl/N-ethyl adjacent to an activating group) is 1. The van der Waals surface area contributed by atoms with Gasteiger partial charge in [-0.3, -0.25) is 4.79 Å². The maximum Gasteiger partial charge on any atom is 0.326 e. The molecule has 1 aliphatic rings. The maximum atomic E-state index is 13.0. The molecule has 1 aliphatic carbocycles. The summed E-state index contributed by atoms with van der Waals surface area (Å²) in [6, 6.07) is 11.6. The molecule has 0 bridgehead atoms. The standard InChI is InChI=1S/C31H41NO4/c1-7-31(8-2,25-12-11-24(21(3)19-25)15-18-30(36)16-9-10-17-30)26-13-14-27(22(4)20-26)28(33)32(6)23(5)29(34)35/h11-15,18-20,23,36H,7-10,16-17H2,1-6H3,(H,34,35)/b18-15+. The van der Waals surface area contributed by atoms with Crippen molar-refractivity contribution in [1.29, 1.82) is 0 Å². The number of hydrogen-bond acceptors (Lipinski definition) is 3. The summed E-state index contributed by atoms with van der Waals surface area (Å²) < 4.78 is 0. The van der Waals surface area contributed by atoms with E-state index < -0.39 is 17.6 Å². The zero-order valence-electron chi connectivity index (χ0n) is 22.6. The fourth-order valence-corrected chi connectivity index (χ4v) is 5.53. The van der Waals surface area contributed by atoms with Crippen molar-refractivity contribution in [2.24, 2.45) is 0 Å². The first-order valence-corrected chi connectivity index (χ1v) is 13.1. The van der Waals surface area contributed by atoms with Gasteiger partial charge in [-0.15, -0.1) is 0 Å². The third-order valence-electron chi connectivity index (χ3n) is 8.34. The summed E-state index contributed by atoms with van der Waals surface area (Å²) in [7, 11) is 1.53. The van der Waals surface area contributed by atoms with E-state index in [2.05, 4.69) is 51.1 Å². The zero-order chi connectivity index (χ0) is 26.7. The monoisotopic (exact) mass is 491 g/mol. The first kappa shape index (κ1) is 27.7. The number of amides is 1. The summed E-state index contributed by atoms with van der Waals surface area (Å²) in [5, 5.41) is 20.0. The molecule has 1 unspecified atom stereocenters. The smallest absolute Gasteiger partial charge is 0.326 e. The van der Waals surface area contributed by atoms with Crippen LogP contribution in [-0.2, 0) is 10.2 Å². The van der Waals surface area contributed by atoms with Crippen LogP contribution in [0.4, 0.5) is 0 Å². The maximum absolute atomic E-state index is 13.0. The fourth-order valence-electron chi connectivity index (χ4n) is 5.53. The Morgan fingerprint density at radius 3 is 2.08 bits per heavy atom. The number of carbonyl (C=O) groups is 2. The SMILES string of the molecule is CCC(CC)(c1ccc(/C=C/C2(O)CCCC2)c(C)c1)c1ccc(C(=O)N(C)C(C)C(=O)O)c(C)c1. The molecule has 0 aliphatic heterocycles. The van der Waals surface area contributed by atoms with Crippen LogP contribution in [-0.4, -0.2) is 45.7 Å². The number of carboxylic acid groups (broad SMARTS) is 1. The van der Waals surface area contributed by atoms with E-state index in [4.69, 9.17) is 0 Å². The topological polar surface area (TPSA) is 77.8 Å². The second-order valence-corrected chi connectivity index (χ2v) is 10.5. The first-order chi connectivity index (χ1) is 17.0. The Balaban J connectivity index is 1.94. The summed E-state index contributed by atoms with van der Waals surface area (Å²) in [6.07, 6.45) is 9.65. The van der Waals surface area contributed by atoms with Crippen LogP contribution >= 0.6 is 0 Å². The Labute approximate surface area is 215 Å². The van der Waals surface area contributed by atoms with E-state index in [1.165, 1.54) is 30.0 Å². The van der Waals surface area contributed by atoms with E-state index in [1.807, 2.05) is 25.1 Å². The summed E-state index contributed by atoms with van der Waals surface area (Å²) >= 11 is 0. The molecule has 5 heteroatoms. The Morgan fingerprint density at radius 1 is 1.03 bits per heavy atom. The summed E-state index contributed by atoms with van der Waals surface area (Å²) in [5.41, 5.74) is 5.16. The number of aliphatic carboxylic acids is 1. The lowest BCUT2D eigenvalue weighted by Gasteiger charge is -2.34. The highest BCUT2D eigenvalue weighted by atomic mass is 16.4. The van der Waals surface area contributed by atoms with E-state index in [-0.39, 0.29) is 11.3 Å². The summed E-state index contributed by atoms with van der Waals surface area (Å²) in [5.74, 6) is -1.31. The molecule has 0 saturated heterocycles. The van der Waals surface area contributed by atoms with Crippen LogP contribution in [0.2, 0.25) is 0 Å². The van der Waals surface area contributed by atoms with Crippen molar-refractivity contribution in [2.75, 3.05) is 7.05 Å². The molecule has 1 atom stereocenters. The molecule has 2 aromatic rings. The first-order valence-electron chi connectivity index (χ1n) is 13.1. The molecular formula is C31H41NO4. The van der Waals surface area contributed by atoms with E-state index in [0.717, 1.165) is 55.2 Å². The van der Waals surface area contributed by atoms with Crippen LogP contribution in [0.1, 0.15) is 97.5 Å². The number of rotatable bonds is 9. The molecule has 0 radical (unpaired) electrons. The van der Waals surface area contributed by atoms with E-state index in [9.17, 15) is 19.8 Å². The molecule has 194 valence electrons. The molecule has 1 saturated carbocycles. The van der Waals surface area contributed by atoms with Gasteiger partial charge in [0.2, 0.25) is 0 Å². The van der Waals surface area contributed by atoms with Crippen molar-refractivity contribution in [2.45, 2.75) is 90.2 Å². The molecule has 36 heavy (non-hydrogen) atoms. The number of carboxylic acids is 1. The molecule has 0 heterocycles. The normalized spacial score (nSPS) is 16.3. The molecule has 2 aromatic carbocycles. The largest absolute Gasteiger partial charge is 0.480 e. The van der Waals surface area contributed by atoms with Gasteiger partial charge in [0.15, 0.2) is 0 Å². The van der Waals surface area contributed by atoms with Gasteiger partial charge in [0.05, 0.1) is 5.60 Å². The molecule has 1 amide bonds. The summed E-state index contributed by atoms with van der Waals surface area (Å²) in [6.45, 7) is 9.93. The minimum absolute atomic E-state index is 0.205. The van der Waals surface area contributed by atoms with Crippen molar-refractivity contribution in [3.05, 3.63) is 75.9 Å². The van der Waals surface area contributed by atoms with Gasteiger partial charge in [0.25, 0.3) is 5.91 Å². The highest BCUT2D eigenvalue weighted by Gasteiger charge is 2.32. The van der Waals surface area contributed by atoms with Gasteiger partial charge in [-0.25, -0.2) is 4.79 Å². The van der Waals surface area contributed by atoms with Crippen LogP contribution in [0.25, 0.3) is 6.08 Å². The number of carbonyl (C=O) groups excluding carboxylic acids is 1. The number of nitrogens with zero attached hydrogens (tertiary/aromatic N) is 1. The predicted octanol–water partition coefficient (Wildman–Crippen LogP) is 6.27. The van der Waals surface area contributed by atoms with Crippen molar-refractivity contribution >= 4 is 18.0 Å². The summed E-state index contributed by atoms with van der Waals surface area (Å²) in [4.78, 5) is 25.6. The average Bonchev–Trinajstić information content (AvgIpc) is 3.29. The molecular weight excluding hydrogens is 450 g/mol. The van der Waals surface area contributed by atoms with E-state index in [0.29, 0.717) is 5.56 Å². The van der Waals surface area contributed by atoms with Crippen molar-refractivity contribution in [1.82, 2.24) is 4.90 Å². The Bertz CT molecular complexity index is 1140. The van der Waals surface area contributed by atoms with Crippen LogP contribution in [0.3, 0.4) is 0 Å². The van der Waals surface area contributed by atoms with Crippen LogP contribution in [0, 0.1) is 13.8 Å². The molecule has 0 spiro atoms. The molecule has 2 N–H and O–H groups in total. The Morgan fingerprint density at radius 2 is 1.58 bits per heavy atom. The van der Waals surface area contributed by atoms with Crippen LogP contribution < -0.4 is 0 Å². The lowest BCUT2D eigenvalue weighted by Crippen LogP contribution is -2.40. The van der Waals surface area contributed by atoms with Crippen LogP contribution in [0.15, 0.2) is 42.5 Å². The van der Waals surface area contributed by atoms with Crippen molar-refractivity contribution in [3.63, 3.8) is 0 Å². The quantitative estimate of drug-likeness (QED) is 0.433. The second-order valence-electron chi connectivity index (χ2n) is 10.5. The number of aliphatic hydroxyl groups is 1. The average molecular weight is 492 g/mol. The van der Waals surface area contributed by atoms with Gasteiger partial charge >= 0.3 is 5.97 Å². The second kappa shape index (κ2) is 11.0. The molecule has 0 aromatic heterocycles. The minimum atomic E-state index is -1.03. The van der Waals surface area contributed by atoms with Gasteiger partial charge in [0.1, 0.15) is 6.04 Å². The van der Waals surface area contributed by atoms with Gasteiger partial charge in [-0.2, -0.15) is 0 Å². The number of benzene rings is 2. The molecule has 3 rings (SSSR count). The minimum Gasteiger partial charge on any atom is -0.480 e. The van der Waals surface area contributed by atoms with Crippen LogP contribution in [0.5, 0.6) is 0 Å². The third-order valence-corrected chi connectivity index (χ3v) is 8.34. The van der Waals surface area contributed by atoms with Gasteiger partial charge < -0.3 is 15.1 Å². The third kappa shape index (κ3) is 5.41. The van der Waals surface area contributed by atoms with Gasteiger partial charge in [-0.1, -0.05) is 69.2 Å². The fraction of sp³-hybridized carbons (Fsp3) is 0.484. The van der Waals surface area contributed by atoms with Gasteiger partial charge in [-0.05, 0) is 80.3 Å². The highest BCUT2D eigenvalue weighted by molar-refractivity contribution is 5.97. The lowest BCUT2D eigenvalue weighted by atomic mass is 9.69. The van der Waals surface area contributed by atoms with E-state index in [1.54, 1.807) is 0 Å².